The molecule has 144 valence electrons. The van der Waals surface area contributed by atoms with Gasteiger partial charge in [-0.25, -0.2) is 4.79 Å². The minimum atomic E-state index is -0.414. The molecule has 0 bridgehead atoms. The number of amides is 1. The standard InChI is InChI=1S/C21H25NO4S/c1-25-17-9-6-7-15(11-17)13-22-20(23)14-26-21(24)19-12-16-8-4-2-3-5-10-18(16)27-19/h6-7,9,11-12H,2-5,8,10,13-14H2,1H3,(H,22,23). The number of ether oxygens (including phenoxy) is 2. The molecule has 0 radical (unpaired) electrons. The highest BCUT2D eigenvalue weighted by atomic mass is 32.1. The maximum Gasteiger partial charge on any atom is 0.348 e. The Balaban J connectivity index is 1.48. The predicted octanol–water partition coefficient (Wildman–Crippen LogP) is 3.89. The van der Waals surface area contributed by atoms with Crippen molar-refractivity contribution in [2.75, 3.05) is 13.7 Å². The molecule has 1 amide bonds. The number of esters is 1. The van der Waals surface area contributed by atoms with Crippen molar-refractivity contribution in [2.24, 2.45) is 0 Å². The Morgan fingerprint density at radius 1 is 1.11 bits per heavy atom. The second-order valence-electron chi connectivity index (χ2n) is 6.68. The van der Waals surface area contributed by atoms with Crippen molar-refractivity contribution in [3.8, 4) is 5.75 Å². The van der Waals surface area contributed by atoms with Crippen molar-refractivity contribution in [1.82, 2.24) is 5.32 Å². The molecule has 0 saturated heterocycles. The first-order valence-electron chi connectivity index (χ1n) is 9.34. The molecule has 0 atom stereocenters. The van der Waals surface area contributed by atoms with E-state index in [9.17, 15) is 9.59 Å². The van der Waals surface area contributed by atoms with Gasteiger partial charge < -0.3 is 14.8 Å². The summed E-state index contributed by atoms with van der Waals surface area (Å²) in [7, 11) is 1.60. The fourth-order valence-electron chi connectivity index (χ4n) is 3.18. The van der Waals surface area contributed by atoms with E-state index >= 15 is 0 Å². The van der Waals surface area contributed by atoms with Crippen LogP contribution in [0, 0.1) is 0 Å². The summed E-state index contributed by atoms with van der Waals surface area (Å²) in [5, 5.41) is 2.75. The summed E-state index contributed by atoms with van der Waals surface area (Å²) in [5.74, 6) is 0.00538. The highest BCUT2D eigenvalue weighted by Crippen LogP contribution is 2.28. The predicted molar refractivity (Wildman–Crippen MR) is 105 cm³/mol. The molecule has 0 unspecified atom stereocenters. The van der Waals surface area contributed by atoms with Crippen LogP contribution in [0.4, 0.5) is 0 Å². The van der Waals surface area contributed by atoms with E-state index in [1.807, 2.05) is 30.3 Å². The van der Waals surface area contributed by atoms with Gasteiger partial charge in [0, 0.05) is 11.4 Å². The second kappa shape index (κ2) is 9.55. The van der Waals surface area contributed by atoms with Gasteiger partial charge in [0.2, 0.25) is 0 Å². The van der Waals surface area contributed by atoms with Crippen LogP contribution >= 0.6 is 11.3 Å². The molecule has 0 saturated carbocycles. The molecule has 1 aromatic carbocycles. The molecular formula is C21H25NO4S. The van der Waals surface area contributed by atoms with E-state index in [2.05, 4.69) is 5.32 Å². The number of fused-ring (bicyclic) bond motifs is 1. The summed E-state index contributed by atoms with van der Waals surface area (Å²) in [6.45, 7) is 0.0895. The molecule has 1 N–H and O–H groups in total. The molecule has 0 aliphatic heterocycles. The average Bonchev–Trinajstić information content (AvgIpc) is 3.06. The highest BCUT2D eigenvalue weighted by Gasteiger charge is 2.17. The Morgan fingerprint density at radius 3 is 2.74 bits per heavy atom. The summed E-state index contributed by atoms with van der Waals surface area (Å²) in [5.41, 5.74) is 2.20. The Kier molecular flexibility index (Phi) is 6.87. The van der Waals surface area contributed by atoms with E-state index < -0.39 is 5.97 Å². The van der Waals surface area contributed by atoms with E-state index in [4.69, 9.17) is 9.47 Å². The molecule has 1 heterocycles. The van der Waals surface area contributed by atoms with Crippen LogP contribution in [0.2, 0.25) is 0 Å². The number of carbonyl (C=O) groups excluding carboxylic acids is 2. The van der Waals surface area contributed by atoms with Crippen LogP contribution in [0.5, 0.6) is 5.75 Å². The van der Waals surface area contributed by atoms with E-state index in [1.54, 1.807) is 7.11 Å². The van der Waals surface area contributed by atoms with E-state index in [0.29, 0.717) is 11.4 Å². The fraction of sp³-hybridized carbons (Fsp3) is 0.429. The molecule has 1 aliphatic rings. The van der Waals surface area contributed by atoms with Crippen molar-refractivity contribution >= 4 is 23.2 Å². The zero-order valence-electron chi connectivity index (χ0n) is 15.6. The zero-order valence-corrected chi connectivity index (χ0v) is 16.4. The van der Waals surface area contributed by atoms with Gasteiger partial charge in [-0.05, 0) is 55.0 Å². The van der Waals surface area contributed by atoms with Gasteiger partial charge in [0.15, 0.2) is 6.61 Å². The smallest absolute Gasteiger partial charge is 0.348 e. The minimum Gasteiger partial charge on any atom is -0.497 e. The maximum absolute atomic E-state index is 12.3. The van der Waals surface area contributed by atoms with Crippen LogP contribution in [0.3, 0.4) is 0 Å². The molecule has 0 fully saturated rings. The minimum absolute atomic E-state index is 0.272. The van der Waals surface area contributed by atoms with Crippen LogP contribution in [0.1, 0.15) is 51.4 Å². The van der Waals surface area contributed by atoms with E-state index in [0.717, 1.165) is 24.2 Å². The number of aryl methyl sites for hydroxylation is 2. The largest absolute Gasteiger partial charge is 0.497 e. The van der Waals surface area contributed by atoms with Gasteiger partial charge in [-0.1, -0.05) is 25.0 Å². The van der Waals surface area contributed by atoms with Crippen LogP contribution in [-0.2, 0) is 28.9 Å². The van der Waals surface area contributed by atoms with Crippen LogP contribution in [0.15, 0.2) is 30.3 Å². The Morgan fingerprint density at radius 2 is 1.93 bits per heavy atom. The second-order valence-corrected chi connectivity index (χ2v) is 7.81. The van der Waals surface area contributed by atoms with Crippen molar-refractivity contribution < 1.29 is 19.1 Å². The number of hydrogen-bond donors (Lipinski definition) is 1. The summed E-state index contributed by atoms with van der Waals surface area (Å²) in [6.07, 6.45) is 6.92. The third kappa shape index (κ3) is 5.57. The SMILES string of the molecule is COc1cccc(CNC(=O)COC(=O)c2cc3c(s2)CCCCCC3)c1. The fourth-order valence-corrected chi connectivity index (χ4v) is 4.33. The van der Waals surface area contributed by atoms with Crippen molar-refractivity contribution in [3.05, 3.63) is 51.2 Å². The number of methoxy groups -OCH3 is 1. The van der Waals surface area contributed by atoms with Gasteiger partial charge in [-0.2, -0.15) is 0 Å². The van der Waals surface area contributed by atoms with E-state index in [1.165, 1.54) is 47.5 Å². The highest BCUT2D eigenvalue weighted by molar-refractivity contribution is 7.14. The first-order valence-corrected chi connectivity index (χ1v) is 10.2. The van der Waals surface area contributed by atoms with Gasteiger partial charge >= 0.3 is 5.97 Å². The summed E-state index contributed by atoms with van der Waals surface area (Å²) >= 11 is 1.51. The Bertz CT molecular complexity index is 774. The van der Waals surface area contributed by atoms with Crippen molar-refractivity contribution in [1.29, 1.82) is 0 Å². The van der Waals surface area contributed by atoms with Gasteiger partial charge in [0.05, 0.1) is 7.11 Å². The Hall–Kier alpha value is -2.34. The number of carbonyl (C=O) groups is 2. The van der Waals surface area contributed by atoms with Crippen LogP contribution in [-0.4, -0.2) is 25.6 Å². The lowest BCUT2D eigenvalue weighted by molar-refractivity contribution is -0.124. The third-order valence-corrected chi connectivity index (χ3v) is 5.87. The molecule has 5 nitrogen and oxygen atoms in total. The van der Waals surface area contributed by atoms with Gasteiger partial charge in [0.1, 0.15) is 10.6 Å². The molecule has 2 aromatic rings. The molecular weight excluding hydrogens is 362 g/mol. The third-order valence-electron chi connectivity index (χ3n) is 4.66. The van der Waals surface area contributed by atoms with Gasteiger partial charge in [-0.15, -0.1) is 11.3 Å². The van der Waals surface area contributed by atoms with E-state index in [-0.39, 0.29) is 12.5 Å². The Labute approximate surface area is 163 Å². The van der Waals surface area contributed by atoms with Gasteiger partial charge in [0.25, 0.3) is 5.91 Å². The molecule has 1 aliphatic carbocycles. The summed E-state index contributed by atoms with van der Waals surface area (Å²) in [4.78, 5) is 26.2. The zero-order chi connectivity index (χ0) is 19.1. The maximum atomic E-state index is 12.3. The summed E-state index contributed by atoms with van der Waals surface area (Å²) in [6, 6.07) is 9.41. The topological polar surface area (TPSA) is 64.6 Å². The van der Waals surface area contributed by atoms with Crippen molar-refractivity contribution in [3.63, 3.8) is 0 Å². The van der Waals surface area contributed by atoms with Crippen LogP contribution in [0.25, 0.3) is 0 Å². The summed E-state index contributed by atoms with van der Waals surface area (Å²) < 4.78 is 10.4. The van der Waals surface area contributed by atoms with Crippen LogP contribution < -0.4 is 10.1 Å². The lowest BCUT2D eigenvalue weighted by atomic mass is 10.00. The number of benzene rings is 1. The number of thiophene rings is 1. The lowest BCUT2D eigenvalue weighted by Gasteiger charge is -2.07. The molecule has 27 heavy (non-hydrogen) atoms. The molecule has 3 rings (SSSR count). The molecule has 0 spiro atoms. The first kappa shape index (κ1) is 19.4. The number of rotatable bonds is 6. The van der Waals surface area contributed by atoms with Gasteiger partial charge in [-0.3, -0.25) is 4.79 Å². The van der Waals surface area contributed by atoms with Crippen molar-refractivity contribution in [2.45, 2.75) is 45.1 Å². The first-order chi connectivity index (χ1) is 13.2. The number of hydrogen-bond acceptors (Lipinski definition) is 5. The lowest BCUT2D eigenvalue weighted by Crippen LogP contribution is -2.28. The molecule has 6 heteroatoms. The average molecular weight is 388 g/mol. The quantitative estimate of drug-likeness (QED) is 0.764. The molecule has 1 aromatic heterocycles. The number of nitrogens with one attached hydrogen (secondary N) is 1. The normalized spacial score (nSPS) is 13.8. The monoisotopic (exact) mass is 387 g/mol.